The monoisotopic (exact) mass is 375 g/mol. The van der Waals surface area contributed by atoms with Crippen LogP contribution >= 0.6 is 0 Å². The zero-order valence-electron chi connectivity index (χ0n) is 15.0. The number of carbonyl (C=O) groups excluding carboxylic acids is 3. The average Bonchev–Trinajstić information content (AvgIpc) is 3.30. The Kier molecular flexibility index (Phi) is 4.85. The van der Waals surface area contributed by atoms with Gasteiger partial charge in [-0.15, -0.1) is 0 Å². The maximum absolute atomic E-state index is 12.5. The molecule has 4 rings (SSSR count). The SMILES string of the molecule is O=C(Nc1ccc2c(c1)OCO2)C1CC[NH+](CC(=O)N2CCNC2=O)CC1. The van der Waals surface area contributed by atoms with E-state index in [2.05, 4.69) is 10.6 Å². The van der Waals surface area contributed by atoms with Gasteiger partial charge >= 0.3 is 6.03 Å². The molecule has 2 fully saturated rings. The number of quaternary nitrogens is 1. The van der Waals surface area contributed by atoms with Crippen LogP contribution in [0.1, 0.15) is 12.8 Å². The lowest BCUT2D eigenvalue weighted by Crippen LogP contribution is -3.14. The van der Waals surface area contributed by atoms with Crippen molar-refractivity contribution >= 4 is 23.5 Å². The molecular formula is C18H23N4O5+. The van der Waals surface area contributed by atoms with Crippen molar-refractivity contribution in [3.05, 3.63) is 18.2 Å². The molecule has 3 aliphatic rings. The maximum atomic E-state index is 12.5. The van der Waals surface area contributed by atoms with E-state index < -0.39 is 0 Å². The lowest BCUT2D eigenvalue weighted by Gasteiger charge is -2.28. The van der Waals surface area contributed by atoms with E-state index in [9.17, 15) is 14.4 Å². The van der Waals surface area contributed by atoms with Crippen molar-refractivity contribution in [2.45, 2.75) is 12.8 Å². The molecule has 0 saturated carbocycles. The fourth-order valence-corrected chi connectivity index (χ4v) is 3.70. The van der Waals surface area contributed by atoms with E-state index in [1.54, 1.807) is 18.2 Å². The van der Waals surface area contributed by atoms with Crippen LogP contribution < -0.4 is 25.0 Å². The molecule has 3 N–H and O–H groups in total. The van der Waals surface area contributed by atoms with Crippen LogP contribution in [0.3, 0.4) is 0 Å². The Bertz CT molecular complexity index is 760. The molecule has 144 valence electrons. The summed E-state index contributed by atoms with van der Waals surface area (Å²) in [4.78, 5) is 38.7. The topological polar surface area (TPSA) is 101 Å². The molecule has 0 spiro atoms. The van der Waals surface area contributed by atoms with Crippen LogP contribution in [0, 0.1) is 5.92 Å². The van der Waals surface area contributed by atoms with Crippen molar-refractivity contribution in [3.63, 3.8) is 0 Å². The molecule has 9 heteroatoms. The number of benzene rings is 1. The lowest BCUT2D eigenvalue weighted by atomic mass is 9.95. The molecule has 1 aromatic rings. The highest BCUT2D eigenvalue weighted by atomic mass is 16.7. The van der Waals surface area contributed by atoms with Gasteiger partial charge in [0.2, 0.25) is 12.7 Å². The zero-order valence-corrected chi connectivity index (χ0v) is 15.0. The van der Waals surface area contributed by atoms with Crippen LogP contribution in [0.5, 0.6) is 11.5 Å². The zero-order chi connectivity index (χ0) is 18.8. The van der Waals surface area contributed by atoms with Gasteiger partial charge in [-0.3, -0.25) is 14.5 Å². The summed E-state index contributed by atoms with van der Waals surface area (Å²) in [7, 11) is 0. The van der Waals surface area contributed by atoms with Crippen LogP contribution in [-0.2, 0) is 9.59 Å². The Morgan fingerprint density at radius 1 is 1.22 bits per heavy atom. The van der Waals surface area contributed by atoms with Crippen LogP contribution in [-0.4, -0.2) is 62.3 Å². The van der Waals surface area contributed by atoms with E-state index in [0.717, 1.165) is 18.0 Å². The number of hydrogen-bond acceptors (Lipinski definition) is 5. The van der Waals surface area contributed by atoms with Crippen molar-refractivity contribution in [2.75, 3.05) is 44.8 Å². The molecule has 2 saturated heterocycles. The van der Waals surface area contributed by atoms with E-state index in [4.69, 9.17) is 9.47 Å². The van der Waals surface area contributed by atoms with Gasteiger partial charge in [-0.2, -0.15) is 0 Å². The van der Waals surface area contributed by atoms with Crippen LogP contribution in [0.25, 0.3) is 0 Å². The number of imide groups is 1. The normalized spacial score (nSPS) is 23.9. The second-order valence-corrected chi connectivity index (χ2v) is 7.04. The largest absolute Gasteiger partial charge is 0.454 e. The molecule has 9 nitrogen and oxygen atoms in total. The summed E-state index contributed by atoms with van der Waals surface area (Å²) in [5, 5.41) is 5.57. The predicted octanol–water partition coefficient (Wildman–Crippen LogP) is -0.799. The lowest BCUT2D eigenvalue weighted by molar-refractivity contribution is -0.898. The molecule has 0 aromatic heterocycles. The Morgan fingerprint density at radius 3 is 2.74 bits per heavy atom. The highest BCUT2D eigenvalue weighted by molar-refractivity contribution is 5.96. The van der Waals surface area contributed by atoms with Gasteiger partial charge in [0.05, 0.1) is 13.1 Å². The number of amides is 4. The molecule has 1 aromatic carbocycles. The molecular weight excluding hydrogens is 352 g/mol. The van der Waals surface area contributed by atoms with Crippen molar-refractivity contribution in [3.8, 4) is 11.5 Å². The number of likely N-dealkylation sites (tertiary alicyclic amines) is 1. The van der Waals surface area contributed by atoms with E-state index in [0.29, 0.717) is 49.7 Å². The van der Waals surface area contributed by atoms with Crippen molar-refractivity contribution in [1.82, 2.24) is 10.2 Å². The first-order valence-corrected chi connectivity index (χ1v) is 9.22. The van der Waals surface area contributed by atoms with Gasteiger partial charge in [0.1, 0.15) is 0 Å². The predicted molar refractivity (Wildman–Crippen MR) is 94.6 cm³/mol. The number of anilines is 1. The third-order valence-corrected chi connectivity index (χ3v) is 5.26. The summed E-state index contributed by atoms with van der Waals surface area (Å²) in [5.41, 5.74) is 0.689. The van der Waals surface area contributed by atoms with Gasteiger partial charge < -0.3 is 25.0 Å². The number of carbonyl (C=O) groups is 3. The van der Waals surface area contributed by atoms with Gasteiger partial charge in [-0.05, 0) is 12.1 Å². The average molecular weight is 375 g/mol. The van der Waals surface area contributed by atoms with Crippen molar-refractivity contribution in [1.29, 1.82) is 0 Å². The summed E-state index contributed by atoms with van der Waals surface area (Å²) >= 11 is 0. The van der Waals surface area contributed by atoms with Gasteiger partial charge in [-0.1, -0.05) is 0 Å². The summed E-state index contributed by atoms with van der Waals surface area (Å²) in [6.07, 6.45) is 1.43. The smallest absolute Gasteiger partial charge is 0.324 e. The quantitative estimate of drug-likeness (QED) is 0.640. The second kappa shape index (κ2) is 7.43. The van der Waals surface area contributed by atoms with Gasteiger partial charge in [-0.25, -0.2) is 4.79 Å². The number of piperidine rings is 1. The molecule has 0 aliphatic carbocycles. The first kappa shape index (κ1) is 17.6. The maximum Gasteiger partial charge on any atom is 0.324 e. The number of nitrogens with zero attached hydrogens (tertiary/aromatic N) is 1. The molecule has 3 heterocycles. The van der Waals surface area contributed by atoms with E-state index in [1.165, 1.54) is 4.90 Å². The van der Waals surface area contributed by atoms with Gasteiger partial charge in [0.25, 0.3) is 5.91 Å². The Morgan fingerprint density at radius 2 is 2.00 bits per heavy atom. The Hall–Kier alpha value is -2.81. The molecule has 27 heavy (non-hydrogen) atoms. The minimum Gasteiger partial charge on any atom is -0.454 e. The number of fused-ring (bicyclic) bond motifs is 1. The summed E-state index contributed by atoms with van der Waals surface area (Å²) < 4.78 is 10.6. The third-order valence-electron chi connectivity index (χ3n) is 5.26. The summed E-state index contributed by atoms with van der Waals surface area (Å²) in [6.45, 7) is 2.92. The Balaban J connectivity index is 1.25. The van der Waals surface area contributed by atoms with E-state index in [-0.39, 0.29) is 30.6 Å². The molecule has 0 atom stereocenters. The number of hydrogen-bond donors (Lipinski definition) is 3. The fraction of sp³-hybridized carbons (Fsp3) is 0.500. The van der Waals surface area contributed by atoms with Crippen LogP contribution in [0.4, 0.5) is 10.5 Å². The number of nitrogens with one attached hydrogen (secondary N) is 3. The van der Waals surface area contributed by atoms with Crippen LogP contribution in [0.15, 0.2) is 18.2 Å². The summed E-state index contributed by atoms with van der Waals surface area (Å²) in [5.74, 6) is 1.07. The van der Waals surface area contributed by atoms with Crippen molar-refractivity contribution in [2.24, 2.45) is 5.92 Å². The minimum absolute atomic E-state index is 0.0156. The fourth-order valence-electron chi connectivity index (χ4n) is 3.70. The third kappa shape index (κ3) is 3.82. The number of rotatable bonds is 4. The van der Waals surface area contributed by atoms with Crippen LogP contribution in [0.2, 0.25) is 0 Å². The highest BCUT2D eigenvalue weighted by Gasteiger charge is 2.32. The number of urea groups is 1. The standard InChI is InChI=1S/C18H22N4O5/c23-16(22-8-5-19-18(22)25)10-21-6-3-12(4-7-21)17(24)20-13-1-2-14-15(9-13)27-11-26-14/h1-2,9,12H,3-8,10-11H2,(H,19,25)(H,20,24)/p+1. The highest BCUT2D eigenvalue weighted by Crippen LogP contribution is 2.34. The van der Waals surface area contributed by atoms with Gasteiger partial charge in [0, 0.05) is 43.6 Å². The molecule has 0 bridgehead atoms. The van der Waals surface area contributed by atoms with Gasteiger partial charge in [0.15, 0.2) is 18.0 Å². The number of ether oxygens (including phenoxy) is 2. The molecule has 4 amide bonds. The Labute approximate surface area is 156 Å². The first-order chi connectivity index (χ1) is 13.1. The first-order valence-electron chi connectivity index (χ1n) is 9.22. The van der Waals surface area contributed by atoms with E-state index in [1.807, 2.05) is 0 Å². The summed E-state index contributed by atoms with van der Waals surface area (Å²) in [6, 6.07) is 5.04. The molecule has 3 aliphatic heterocycles. The van der Waals surface area contributed by atoms with Crippen molar-refractivity contribution < 1.29 is 28.8 Å². The minimum atomic E-state index is -0.308. The van der Waals surface area contributed by atoms with E-state index >= 15 is 0 Å². The second-order valence-electron chi connectivity index (χ2n) is 7.04. The molecule has 0 radical (unpaired) electrons. The molecule has 0 unspecified atom stereocenters.